The lowest BCUT2D eigenvalue weighted by atomic mass is 9.87. The Balaban J connectivity index is 1.61. The third-order valence-corrected chi connectivity index (χ3v) is 4.85. The highest BCUT2D eigenvalue weighted by Gasteiger charge is 2.28. The standard InChI is InChI=1S/C21H21F2NO4/c1-2-27-21(26)13-3-6-16(7-4-13)28-20-8-5-14(11-24-20)15-9-18(22)17(12-25)19(23)10-15/h5,8-13,16H,2-4,6-7H2,1H3. The Hall–Kier alpha value is -2.83. The van der Waals surface area contributed by atoms with Crippen molar-refractivity contribution in [2.24, 2.45) is 5.92 Å². The molecule has 1 aromatic carbocycles. The summed E-state index contributed by atoms with van der Waals surface area (Å²) in [6.45, 7) is 2.18. The van der Waals surface area contributed by atoms with Crippen molar-refractivity contribution in [3.05, 3.63) is 47.7 Å². The zero-order valence-corrected chi connectivity index (χ0v) is 15.5. The Kier molecular flexibility index (Phi) is 6.34. The molecule has 7 heteroatoms. The number of nitrogens with zero attached hydrogens (tertiary/aromatic N) is 1. The molecule has 0 amide bonds. The summed E-state index contributed by atoms with van der Waals surface area (Å²) in [6, 6.07) is 5.49. The molecule has 148 valence electrons. The van der Waals surface area contributed by atoms with E-state index in [-0.39, 0.29) is 29.8 Å². The molecule has 0 atom stereocenters. The average Bonchev–Trinajstić information content (AvgIpc) is 2.69. The molecule has 2 aromatic rings. The van der Waals surface area contributed by atoms with Crippen LogP contribution in [-0.2, 0) is 9.53 Å². The predicted octanol–water partition coefficient (Wildman–Crippen LogP) is 4.34. The van der Waals surface area contributed by atoms with Crippen LogP contribution in [0, 0.1) is 17.6 Å². The van der Waals surface area contributed by atoms with Crippen molar-refractivity contribution in [2.45, 2.75) is 38.7 Å². The number of benzene rings is 1. The second kappa shape index (κ2) is 8.91. The Bertz CT molecular complexity index is 823. The highest BCUT2D eigenvalue weighted by atomic mass is 19.1. The fourth-order valence-corrected chi connectivity index (χ4v) is 3.33. The van der Waals surface area contributed by atoms with E-state index in [1.54, 1.807) is 19.1 Å². The van der Waals surface area contributed by atoms with Gasteiger partial charge >= 0.3 is 5.97 Å². The Morgan fingerprint density at radius 1 is 1.14 bits per heavy atom. The Morgan fingerprint density at radius 2 is 1.82 bits per heavy atom. The number of esters is 1. The zero-order valence-electron chi connectivity index (χ0n) is 15.5. The van der Waals surface area contributed by atoms with Gasteiger partial charge in [-0.1, -0.05) is 0 Å². The summed E-state index contributed by atoms with van der Waals surface area (Å²) in [7, 11) is 0. The lowest BCUT2D eigenvalue weighted by Crippen LogP contribution is -2.29. The highest BCUT2D eigenvalue weighted by Crippen LogP contribution is 2.29. The van der Waals surface area contributed by atoms with Gasteiger partial charge in [-0.3, -0.25) is 9.59 Å². The van der Waals surface area contributed by atoms with Gasteiger partial charge < -0.3 is 9.47 Å². The maximum atomic E-state index is 13.8. The lowest BCUT2D eigenvalue weighted by Gasteiger charge is -2.27. The van der Waals surface area contributed by atoms with Crippen LogP contribution in [0.15, 0.2) is 30.5 Å². The number of aldehydes is 1. The van der Waals surface area contributed by atoms with Crippen LogP contribution in [0.2, 0.25) is 0 Å². The number of aromatic nitrogens is 1. The summed E-state index contributed by atoms with van der Waals surface area (Å²) >= 11 is 0. The summed E-state index contributed by atoms with van der Waals surface area (Å²) in [5.74, 6) is -1.64. The maximum Gasteiger partial charge on any atom is 0.308 e. The lowest BCUT2D eigenvalue weighted by molar-refractivity contribution is -0.149. The van der Waals surface area contributed by atoms with Crippen LogP contribution in [0.3, 0.4) is 0 Å². The van der Waals surface area contributed by atoms with Gasteiger partial charge in [-0.25, -0.2) is 13.8 Å². The van der Waals surface area contributed by atoms with Crippen molar-refractivity contribution in [2.75, 3.05) is 6.61 Å². The van der Waals surface area contributed by atoms with Crippen molar-refractivity contribution in [1.82, 2.24) is 4.98 Å². The van der Waals surface area contributed by atoms with E-state index >= 15 is 0 Å². The van der Waals surface area contributed by atoms with Crippen LogP contribution in [0.5, 0.6) is 5.88 Å². The Morgan fingerprint density at radius 3 is 2.36 bits per heavy atom. The van der Waals surface area contributed by atoms with E-state index in [1.165, 1.54) is 6.20 Å². The van der Waals surface area contributed by atoms with E-state index < -0.39 is 17.2 Å². The highest BCUT2D eigenvalue weighted by molar-refractivity contribution is 5.78. The third-order valence-electron chi connectivity index (χ3n) is 4.85. The molecule has 1 aliphatic carbocycles. The summed E-state index contributed by atoms with van der Waals surface area (Å²) in [5.41, 5.74) is 0.207. The molecule has 1 aromatic heterocycles. The number of ether oxygens (including phenoxy) is 2. The topological polar surface area (TPSA) is 65.5 Å². The molecule has 0 spiro atoms. The predicted molar refractivity (Wildman–Crippen MR) is 98.0 cm³/mol. The smallest absolute Gasteiger partial charge is 0.308 e. The fraction of sp³-hybridized carbons (Fsp3) is 0.381. The number of halogens is 2. The average molecular weight is 389 g/mol. The van der Waals surface area contributed by atoms with Crippen LogP contribution in [0.25, 0.3) is 11.1 Å². The van der Waals surface area contributed by atoms with Crippen molar-refractivity contribution in [1.29, 1.82) is 0 Å². The molecule has 0 bridgehead atoms. The molecule has 1 fully saturated rings. The molecule has 3 rings (SSSR count). The first-order valence-electron chi connectivity index (χ1n) is 9.25. The zero-order chi connectivity index (χ0) is 20.1. The molecule has 0 N–H and O–H groups in total. The molecule has 0 aliphatic heterocycles. The maximum absolute atomic E-state index is 13.8. The van der Waals surface area contributed by atoms with Gasteiger partial charge in [0.2, 0.25) is 5.88 Å². The van der Waals surface area contributed by atoms with Crippen LogP contribution < -0.4 is 4.74 Å². The number of carbonyl (C=O) groups is 2. The summed E-state index contributed by atoms with van der Waals surface area (Å²) in [4.78, 5) is 26.7. The van der Waals surface area contributed by atoms with E-state index in [1.807, 2.05) is 0 Å². The molecule has 1 aliphatic rings. The molecule has 1 heterocycles. The van der Waals surface area contributed by atoms with Crippen molar-refractivity contribution < 1.29 is 27.8 Å². The van der Waals surface area contributed by atoms with Gasteiger partial charge in [0.1, 0.15) is 17.7 Å². The number of pyridine rings is 1. The molecule has 28 heavy (non-hydrogen) atoms. The van der Waals surface area contributed by atoms with Gasteiger partial charge in [0.15, 0.2) is 6.29 Å². The van der Waals surface area contributed by atoms with Crippen LogP contribution >= 0.6 is 0 Å². The SMILES string of the molecule is CCOC(=O)C1CCC(Oc2ccc(-c3cc(F)c(C=O)c(F)c3)cn2)CC1. The molecular weight excluding hydrogens is 368 g/mol. The van der Waals surface area contributed by atoms with E-state index in [0.29, 0.717) is 30.9 Å². The Labute approximate surface area is 161 Å². The van der Waals surface area contributed by atoms with Crippen molar-refractivity contribution in [3.63, 3.8) is 0 Å². The van der Waals surface area contributed by atoms with Crippen molar-refractivity contribution >= 4 is 12.3 Å². The molecular formula is C21H21F2NO4. The van der Waals surface area contributed by atoms with Gasteiger partial charge in [-0.15, -0.1) is 0 Å². The van der Waals surface area contributed by atoms with Gasteiger partial charge in [0, 0.05) is 17.8 Å². The van der Waals surface area contributed by atoms with Crippen LogP contribution in [0.1, 0.15) is 43.0 Å². The second-order valence-electron chi connectivity index (χ2n) is 6.70. The van der Waals surface area contributed by atoms with Gasteiger partial charge in [0.05, 0.1) is 18.1 Å². The monoisotopic (exact) mass is 389 g/mol. The number of carbonyl (C=O) groups excluding carboxylic acids is 2. The normalized spacial score (nSPS) is 19.1. The quantitative estimate of drug-likeness (QED) is 0.543. The molecule has 1 saturated carbocycles. The minimum atomic E-state index is -0.913. The van der Waals surface area contributed by atoms with Gasteiger partial charge in [0.25, 0.3) is 0 Å². The van der Waals surface area contributed by atoms with Crippen LogP contribution in [0.4, 0.5) is 8.78 Å². The van der Waals surface area contributed by atoms with Crippen molar-refractivity contribution in [3.8, 4) is 17.0 Å². The molecule has 0 radical (unpaired) electrons. The molecule has 0 unspecified atom stereocenters. The first kappa shape index (κ1) is 19.9. The number of rotatable bonds is 6. The van der Waals surface area contributed by atoms with E-state index in [4.69, 9.17) is 9.47 Å². The summed E-state index contributed by atoms with van der Waals surface area (Å²) in [5, 5.41) is 0. The molecule has 5 nitrogen and oxygen atoms in total. The first-order valence-corrected chi connectivity index (χ1v) is 9.25. The molecule has 0 saturated heterocycles. The largest absolute Gasteiger partial charge is 0.474 e. The number of hydrogen-bond donors (Lipinski definition) is 0. The minimum Gasteiger partial charge on any atom is -0.474 e. The van der Waals surface area contributed by atoms with Gasteiger partial charge in [-0.05, 0) is 56.4 Å². The fourth-order valence-electron chi connectivity index (χ4n) is 3.33. The van der Waals surface area contributed by atoms with Crippen LogP contribution in [-0.4, -0.2) is 30.0 Å². The summed E-state index contributed by atoms with van der Waals surface area (Å²) in [6.07, 6.45) is 4.47. The first-order chi connectivity index (χ1) is 13.5. The second-order valence-corrected chi connectivity index (χ2v) is 6.70. The minimum absolute atomic E-state index is 0.0363. The number of hydrogen-bond acceptors (Lipinski definition) is 5. The van der Waals surface area contributed by atoms with E-state index in [2.05, 4.69) is 4.98 Å². The third kappa shape index (κ3) is 4.52. The van der Waals surface area contributed by atoms with Gasteiger partial charge in [-0.2, -0.15) is 0 Å². The summed E-state index contributed by atoms with van der Waals surface area (Å²) < 4.78 is 38.5. The van der Waals surface area contributed by atoms with E-state index in [9.17, 15) is 18.4 Å². The van der Waals surface area contributed by atoms with E-state index in [0.717, 1.165) is 25.0 Å².